The lowest BCUT2D eigenvalue weighted by Gasteiger charge is -2.19. The third kappa shape index (κ3) is 5.80. The van der Waals surface area contributed by atoms with E-state index >= 15 is 0 Å². The van der Waals surface area contributed by atoms with Gasteiger partial charge in [-0.1, -0.05) is 38.6 Å². The van der Waals surface area contributed by atoms with E-state index in [2.05, 4.69) is 26.3 Å². The van der Waals surface area contributed by atoms with Gasteiger partial charge < -0.3 is 9.72 Å². The van der Waals surface area contributed by atoms with Crippen LogP contribution in [0.15, 0.2) is 54.1 Å². The molecule has 0 aromatic heterocycles. The van der Waals surface area contributed by atoms with Crippen molar-refractivity contribution < 1.29 is 17.9 Å². The van der Waals surface area contributed by atoms with Crippen molar-refractivity contribution in [2.75, 3.05) is 6.61 Å². The molecule has 0 unspecified atom stereocenters. The van der Waals surface area contributed by atoms with Gasteiger partial charge in [0.2, 0.25) is 10.0 Å². The van der Waals surface area contributed by atoms with E-state index in [0.29, 0.717) is 18.7 Å². The number of carbonyl (C=O) groups is 1. The van der Waals surface area contributed by atoms with Gasteiger partial charge in [0.25, 0.3) is 0 Å². The minimum atomic E-state index is -3.90. The van der Waals surface area contributed by atoms with E-state index in [1.807, 2.05) is 33.0 Å². The quantitative estimate of drug-likeness (QED) is 0.358. The van der Waals surface area contributed by atoms with Gasteiger partial charge in [-0.25, -0.2) is 18.4 Å². The van der Waals surface area contributed by atoms with Crippen molar-refractivity contribution in [3.8, 4) is 11.4 Å². The van der Waals surface area contributed by atoms with E-state index in [1.165, 1.54) is 18.2 Å². The first-order chi connectivity index (χ1) is 15.2. The van der Waals surface area contributed by atoms with Gasteiger partial charge in [0.1, 0.15) is 24.2 Å². The van der Waals surface area contributed by atoms with Crippen LogP contribution in [0.4, 0.5) is 0 Å². The van der Waals surface area contributed by atoms with Crippen LogP contribution in [0.5, 0.6) is 0 Å². The summed E-state index contributed by atoms with van der Waals surface area (Å²) in [7, 11) is -3.90. The lowest BCUT2D eigenvalue weighted by atomic mass is 10.1. The van der Waals surface area contributed by atoms with Crippen molar-refractivity contribution in [2.45, 2.75) is 44.6 Å². The lowest BCUT2D eigenvalue weighted by Crippen LogP contribution is -2.42. The first-order valence-electron chi connectivity index (χ1n) is 10.4. The fourth-order valence-corrected chi connectivity index (χ4v) is 4.58. The molecule has 8 nitrogen and oxygen atoms in total. The standard InChI is InChI=1S/C23H28N4O4S/c1-5-12-31-23(28)21(13-15(2)3)27-32(29,30)18-8-6-17(7-9-18)14-20-22-19(10-11-24-20)25-16(4)26-22/h5-11,15,21,24,27H,1,12-14H2,2-4H3/t21-/m0/s1. The summed E-state index contributed by atoms with van der Waals surface area (Å²) in [6.07, 6.45) is 4.13. The number of pyridine rings is 1. The first-order valence-corrected chi connectivity index (χ1v) is 11.9. The van der Waals surface area contributed by atoms with Crippen LogP contribution in [0.2, 0.25) is 0 Å². The molecule has 0 amide bonds. The second kappa shape index (κ2) is 10.1. The molecule has 0 radical (unpaired) electrons. The third-order valence-electron chi connectivity index (χ3n) is 4.83. The molecule has 2 heterocycles. The average molecular weight is 457 g/mol. The molecule has 0 aliphatic carbocycles. The number of rotatable bonds is 10. The molecule has 0 saturated carbocycles. The summed E-state index contributed by atoms with van der Waals surface area (Å²) in [6, 6.07) is 7.46. The highest BCUT2D eigenvalue weighted by Gasteiger charge is 2.27. The Labute approximate surface area is 188 Å². The lowest BCUT2D eigenvalue weighted by molar-refractivity contribution is -0.144. The zero-order chi connectivity index (χ0) is 23.3. The molecule has 2 aliphatic rings. The number of fused-ring (bicyclic) bond motifs is 1. The number of hydrogen-bond donors (Lipinski definition) is 2. The highest BCUT2D eigenvalue weighted by atomic mass is 32.2. The largest absolute Gasteiger partial charge is 0.460 e. The van der Waals surface area contributed by atoms with Gasteiger partial charge >= 0.3 is 5.97 Å². The number of nitrogens with zero attached hydrogens (tertiary/aromatic N) is 2. The van der Waals surface area contributed by atoms with Gasteiger partial charge in [-0.3, -0.25) is 4.79 Å². The molecule has 2 aliphatic heterocycles. The summed E-state index contributed by atoms with van der Waals surface area (Å²) in [5.41, 5.74) is 3.44. The van der Waals surface area contributed by atoms with Crippen molar-refractivity contribution in [1.29, 1.82) is 0 Å². The number of H-pyrrole nitrogens is 1. The maximum absolute atomic E-state index is 12.9. The summed E-state index contributed by atoms with van der Waals surface area (Å²) < 4.78 is 33.3. The number of sulfonamides is 1. The molecule has 0 spiro atoms. The molecule has 0 fully saturated rings. The maximum Gasteiger partial charge on any atom is 0.324 e. The molecule has 1 aromatic rings. The van der Waals surface area contributed by atoms with Gasteiger partial charge in [0, 0.05) is 18.3 Å². The van der Waals surface area contributed by atoms with Crippen LogP contribution in [0, 0.1) is 12.8 Å². The SMILES string of the molecule is C=CCOC(=O)[C@H](CC(C)C)NS(=O)(=O)c1ccc(Cc2[nH]ccc3nc(C)nc2-3)cc1. The molecule has 0 bridgehead atoms. The zero-order valence-corrected chi connectivity index (χ0v) is 19.3. The Morgan fingerprint density at radius 1 is 1.22 bits per heavy atom. The van der Waals surface area contributed by atoms with Crippen LogP contribution in [0.3, 0.4) is 0 Å². The molecule has 32 heavy (non-hydrogen) atoms. The van der Waals surface area contributed by atoms with Crippen LogP contribution >= 0.6 is 0 Å². The number of aromatic nitrogens is 3. The molecular formula is C23H28N4O4S. The van der Waals surface area contributed by atoms with Crippen molar-refractivity contribution in [3.05, 3.63) is 66.3 Å². The summed E-state index contributed by atoms with van der Waals surface area (Å²) >= 11 is 0. The van der Waals surface area contributed by atoms with E-state index in [0.717, 1.165) is 22.6 Å². The van der Waals surface area contributed by atoms with E-state index in [1.54, 1.807) is 12.1 Å². The Kier molecular flexibility index (Phi) is 7.42. The third-order valence-corrected chi connectivity index (χ3v) is 6.32. The normalized spacial score (nSPS) is 12.8. The summed E-state index contributed by atoms with van der Waals surface area (Å²) in [5, 5.41) is 0. The predicted molar refractivity (Wildman–Crippen MR) is 122 cm³/mol. The van der Waals surface area contributed by atoms with Crippen molar-refractivity contribution in [1.82, 2.24) is 19.7 Å². The Bertz CT molecular complexity index is 1150. The monoisotopic (exact) mass is 456 g/mol. The van der Waals surface area contributed by atoms with Crippen LogP contribution in [0.1, 0.15) is 37.4 Å². The highest BCUT2D eigenvalue weighted by Crippen LogP contribution is 2.24. The molecule has 1 atom stereocenters. The summed E-state index contributed by atoms with van der Waals surface area (Å²) in [5.74, 6) is 0.188. The number of imidazole rings is 1. The van der Waals surface area contributed by atoms with Gasteiger partial charge in [0.05, 0.1) is 10.6 Å². The first kappa shape index (κ1) is 23.6. The molecular weight excluding hydrogens is 428 g/mol. The van der Waals surface area contributed by atoms with Gasteiger partial charge in [-0.15, -0.1) is 0 Å². The molecule has 9 heteroatoms. The number of carbonyl (C=O) groups excluding carboxylic acids is 1. The zero-order valence-electron chi connectivity index (χ0n) is 18.5. The minimum Gasteiger partial charge on any atom is -0.460 e. The molecule has 1 aromatic carbocycles. The second-order valence-electron chi connectivity index (χ2n) is 8.00. The Morgan fingerprint density at radius 2 is 1.94 bits per heavy atom. The Morgan fingerprint density at radius 3 is 2.59 bits per heavy atom. The van der Waals surface area contributed by atoms with Crippen molar-refractivity contribution in [2.24, 2.45) is 5.92 Å². The minimum absolute atomic E-state index is 0.0287. The maximum atomic E-state index is 12.9. The smallest absolute Gasteiger partial charge is 0.324 e. The van der Waals surface area contributed by atoms with Gasteiger partial charge in [0.15, 0.2) is 0 Å². The van der Waals surface area contributed by atoms with Crippen LogP contribution in [0.25, 0.3) is 11.4 Å². The fourth-order valence-electron chi connectivity index (χ4n) is 3.39. The summed E-state index contributed by atoms with van der Waals surface area (Å²) in [6.45, 7) is 9.20. The van der Waals surface area contributed by atoms with Crippen molar-refractivity contribution >= 4 is 16.0 Å². The number of nitrogens with one attached hydrogen (secondary N) is 2. The number of ether oxygens (including phenoxy) is 1. The average Bonchev–Trinajstić information content (AvgIpc) is 3.12. The number of aromatic amines is 1. The fraction of sp³-hybridized carbons (Fsp3) is 0.348. The molecule has 2 N–H and O–H groups in total. The Balaban J connectivity index is 1.75. The number of hydrogen-bond acceptors (Lipinski definition) is 6. The van der Waals surface area contributed by atoms with Crippen molar-refractivity contribution in [3.63, 3.8) is 0 Å². The molecule has 0 saturated heterocycles. The van der Waals surface area contributed by atoms with Crippen LogP contribution < -0.4 is 4.72 Å². The number of esters is 1. The van der Waals surface area contributed by atoms with E-state index in [9.17, 15) is 13.2 Å². The van der Waals surface area contributed by atoms with Gasteiger partial charge in [-0.2, -0.15) is 4.72 Å². The Hall–Kier alpha value is -3.04. The number of aryl methyl sites for hydroxylation is 1. The van der Waals surface area contributed by atoms with E-state index in [4.69, 9.17) is 4.74 Å². The molecule has 170 valence electrons. The van der Waals surface area contributed by atoms with E-state index in [-0.39, 0.29) is 17.4 Å². The highest BCUT2D eigenvalue weighted by molar-refractivity contribution is 7.89. The predicted octanol–water partition coefficient (Wildman–Crippen LogP) is 3.23. The second-order valence-corrected chi connectivity index (χ2v) is 9.72. The summed E-state index contributed by atoms with van der Waals surface area (Å²) in [4.78, 5) is 24.4. The molecule has 3 rings (SSSR count). The topological polar surface area (TPSA) is 114 Å². The van der Waals surface area contributed by atoms with E-state index < -0.39 is 22.0 Å². The van der Waals surface area contributed by atoms with Crippen LogP contribution in [-0.4, -0.2) is 42.0 Å². The van der Waals surface area contributed by atoms with Gasteiger partial charge in [-0.05, 0) is 43.0 Å². The number of benzene rings is 1. The van der Waals surface area contributed by atoms with Crippen LogP contribution in [-0.2, 0) is 26.0 Å².